The SMILES string of the molecule is CO[C@H]1C[C@@H](C(N)=O)N(S(=O)(=O)CCC(C)(C)C)C1. The molecule has 1 saturated heterocycles. The van der Waals surface area contributed by atoms with Crippen LogP contribution in [-0.4, -0.2) is 50.2 Å². The van der Waals surface area contributed by atoms with Crippen LogP contribution < -0.4 is 5.73 Å². The van der Waals surface area contributed by atoms with Gasteiger partial charge in [-0.05, 0) is 11.8 Å². The van der Waals surface area contributed by atoms with Gasteiger partial charge in [0.1, 0.15) is 6.04 Å². The number of ether oxygens (including phenoxy) is 1. The Morgan fingerprint density at radius 1 is 1.42 bits per heavy atom. The molecule has 1 heterocycles. The van der Waals surface area contributed by atoms with Crippen molar-refractivity contribution in [1.29, 1.82) is 0 Å². The lowest BCUT2D eigenvalue weighted by molar-refractivity contribution is -0.121. The molecule has 0 aliphatic carbocycles. The summed E-state index contributed by atoms with van der Waals surface area (Å²) >= 11 is 0. The number of hydrogen-bond donors (Lipinski definition) is 1. The van der Waals surface area contributed by atoms with E-state index in [0.717, 1.165) is 0 Å². The van der Waals surface area contributed by atoms with Crippen molar-refractivity contribution in [3.63, 3.8) is 0 Å². The van der Waals surface area contributed by atoms with E-state index in [4.69, 9.17) is 10.5 Å². The average Bonchev–Trinajstić information content (AvgIpc) is 2.70. The molecule has 0 spiro atoms. The highest BCUT2D eigenvalue weighted by Gasteiger charge is 2.42. The second kappa shape index (κ2) is 5.76. The van der Waals surface area contributed by atoms with E-state index in [1.807, 2.05) is 20.8 Å². The van der Waals surface area contributed by atoms with Gasteiger partial charge in [-0.1, -0.05) is 20.8 Å². The molecule has 0 bridgehead atoms. The lowest BCUT2D eigenvalue weighted by atomic mass is 9.94. The van der Waals surface area contributed by atoms with E-state index >= 15 is 0 Å². The normalized spacial score (nSPS) is 25.7. The second-order valence-corrected chi connectivity index (χ2v) is 8.25. The van der Waals surface area contributed by atoms with Crippen molar-refractivity contribution in [3.8, 4) is 0 Å². The van der Waals surface area contributed by atoms with Crippen LogP contribution in [0.15, 0.2) is 0 Å². The Bertz CT molecular complexity index is 428. The minimum atomic E-state index is -3.48. The molecule has 7 heteroatoms. The molecule has 0 unspecified atom stereocenters. The van der Waals surface area contributed by atoms with Gasteiger partial charge in [0.05, 0.1) is 11.9 Å². The zero-order chi connectivity index (χ0) is 14.8. The average molecular weight is 292 g/mol. The summed E-state index contributed by atoms with van der Waals surface area (Å²) in [5.74, 6) is -0.588. The third-order valence-electron chi connectivity index (χ3n) is 3.35. The Labute approximate surface area is 115 Å². The number of rotatable bonds is 5. The van der Waals surface area contributed by atoms with Crippen LogP contribution in [0.25, 0.3) is 0 Å². The zero-order valence-corrected chi connectivity index (χ0v) is 12.9. The Balaban J connectivity index is 2.83. The Morgan fingerprint density at radius 2 is 2.00 bits per heavy atom. The van der Waals surface area contributed by atoms with E-state index in [1.54, 1.807) is 0 Å². The van der Waals surface area contributed by atoms with Crippen molar-refractivity contribution < 1.29 is 17.9 Å². The largest absolute Gasteiger partial charge is 0.380 e. The number of sulfonamides is 1. The zero-order valence-electron chi connectivity index (χ0n) is 12.0. The third kappa shape index (κ3) is 4.43. The van der Waals surface area contributed by atoms with E-state index < -0.39 is 22.0 Å². The molecule has 1 fully saturated rings. The standard InChI is InChI=1S/C12H24N2O4S/c1-12(2,3)5-6-19(16,17)14-8-9(18-4)7-10(14)11(13)15/h9-10H,5-8H2,1-4H3,(H2,13,15)/t9-,10-/m0/s1. The maximum absolute atomic E-state index is 12.3. The van der Waals surface area contributed by atoms with Gasteiger partial charge < -0.3 is 10.5 Å². The molecule has 2 N–H and O–H groups in total. The minimum Gasteiger partial charge on any atom is -0.380 e. The van der Waals surface area contributed by atoms with Crippen molar-refractivity contribution in [2.45, 2.75) is 45.8 Å². The van der Waals surface area contributed by atoms with Gasteiger partial charge in [0.25, 0.3) is 0 Å². The van der Waals surface area contributed by atoms with Gasteiger partial charge in [-0.25, -0.2) is 8.42 Å². The van der Waals surface area contributed by atoms with Crippen molar-refractivity contribution in [2.24, 2.45) is 11.1 Å². The summed E-state index contributed by atoms with van der Waals surface area (Å²) in [6.45, 7) is 6.15. The van der Waals surface area contributed by atoms with E-state index in [9.17, 15) is 13.2 Å². The van der Waals surface area contributed by atoms with Gasteiger partial charge in [-0.15, -0.1) is 0 Å². The predicted molar refractivity (Wildman–Crippen MR) is 73.0 cm³/mol. The molecule has 0 aromatic rings. The summed E-state index contributed by atoms with van der Waals surface area (Å²) in [7, 11) is -1.97. The van der Waals surface area contributed by atoms with Gasteiger partial charge in [0, 0.05) is 20.1 Å². The van der Waals surface area contributed by atoms with Gasteiger partial charge in [0.2, 0.25) is 15.9 Å². The van der Waals surface area contributed by atoms with Crippen molar-refractivity contribution >= 4 is 15.9 Å². The molecule has 6 nitrogen and oxygen atoms in total. The summed E-state index contributed by atoms with van der Waals surface area (Å²) in [5.41, 5.74) is 5.21. The minimum absolute atomic E-state index is 0.0245. The smallest absolute Gasteiger partial charge is 0.235 e. The molecule has 1 amide bonds. The molecule has 0 aromatic heterocycles. The van der Waals surface area contributed by atoms with E-state index in [2.05, 4.69) is 0 Å². The highest BCUT2D eigenvalue weighted by molar-refractivity contribution is 7.89. The Hall–Kier alpha value is -0.660. The van der Waals surface area contributed by atoms with Gasteiger partial charge in [-0.3, -0.25) is 4.79 Å². The van der Waals surface area contributed by atoms with Crippen molar-refractivity contribution in [2.75, 3.05) is 19.4 Å². The number of methoxy groups -OCH3 is 1. The third-order valence-corrected chi connectivity index (χ3v) is 5.18. The first-order chi connectivity index (χ1) is 8.57. The molecule has 0 aromatic carbocycles. The first-order valence-electron chi connectivity index (χ1n) is 6.38. The predicted octanol–water partition coefficient (Wildman–Crippen LogP) is 0.327. The fourth-order valence-corrected chi connectivity index (χ4v) is 4.13. The second-order valence-electron chi connectivity index (χ2n) is 6.21. The van der Waals surface area contributed by atoms with Gasteiger partial charge in [0.15, 0.2) is 0 Å². The quantitative estimate of drug-likeness (QED) is 0.790. The highest BCUT2D eigenvalue weighted by atomic mass is 32.2. The maximum Gasteiger partial charge on any atom is 0.235 e. The Kier molecular flexibility index (Phi) is 4.97. The topological polar surface area (TPSA) is 89.7 Å². The fraction of sp³-hybridized carbons (Fsp3) is 0.917. The number of nitrogens with two attached hydrogens (primary N) is 1. The van der Waals surface area contributed by atoms with Crippen LogP contribution in [0.4, 0.5) is 0 Å². The van der Waals surface area contributed by atoms with Crippen LogP contribution in [-0.2, 0) is 19.6 Å². The molecular weight excluding hydrogens is 268 g/mol. The number of primary amides is 1. The van der Waals surface area contributed by atoms with E-state index in [0.29, 0.717) is 12.8 Å². The van der Waals surface area contributed by atoms with E-state index in [1.165, 1.54) is 11.4 Å². The summed E-state index contributed by atoms with van der Waals surface area (Å²) in [6.07, 6.45) is 0.608. The summed E-state index contributed by atoms with van der Waals surface area (Å²) in [4.78, 5) is 11.4. The summed E-state index contributed by atoms with van der Waals surface area (Å²) < 4.78 is 31.0. The molecule has 1 aliphatic rings. The monoisotopic (exact) mass is 292 g/mol. The molecular formula is C12H24N2O4S. The molecule has 1 aliphatic heterocycles. The fourth-order valence-electron chi connectivity index (χ4n) is 2.06. The molecule has 112 valence electrons. The van der Waals surface area contributed by atoms with Crippen molar-refractivity contribution in [3.05, 3.63) is 0 Å². The molecule has 19 heavy (non-hydrogen) atoms. The lowest BCUT2D eigenvalue weighted by Gasteiger charge is -2.24. The number of carbonyl (C=O) groups excluding carboxylic acids is 1. The number of nitrogens with zero attached hydrogens (tertiary/aromatic N) is 1. The lowest BCUT2D eigenvalue weighted by Crippen LogP contribution is -2.44. The summed E-state index contributed by atoms with van der Waals surface area (Å²) in [6, 6.07) is -0.782. The van der Waals surface area contributed by atoms with Crippen molar-refractivity contribution in [1.82, 2.24) is 4.31 Å². The number of amides is 1. The molecule has 0 saturated carbocycles. The molecule has 2 atom stereocenters. The highest BCUT2D eigenvalue weighted by Crippen LogP contribution is 2.26. The molecule has 0 radical (unpaired) electrons. The van der Waals surface area contributed by atoms with Crippen LogP contribution in [0.3, 0.4) is 0 Å². The first kappa shape index (κ1) is 16.4. The van der Waals surface area contributed by atoms with Gasteiger partial charge in [-0.2, -0.15) is 4.31 Å². The number of carbonyl (C=O) groups is 1. The maximum atomic E-state index is 12.3. The number of hydrogen-bond acceptors (Lipinski definition) is 4. The van der Waals surface area contributed by atoms with E-state index in [-0.39, 0.29) is 23.8 Å². The summed E-state index contributed by atoms with van der Waals surface area (Å²) in [5, 5.41) is 0. The first-order valence-corrected chi connectivity index (χ1v) is 7.99. The van der Waals surface area contributed by atoms with Crippen LogP contribution >= 0.6 is 0 Å². The van der Waals surface area contributed by atoms with Crippen LogP contribution in [0.2, 0.25) is 0 Å². The molecule has 1 rings (SSSR count). The van der Waals surface area contributed by atoms with Crippen LogP contribution in [0.1, 0.15) is 33.6 Å². The Morgan fingerprint density at radius 3 is 2.42 bits per heavy atom. The van der Waals surface area contributed by atoms with Gasteiger partial charge >= 0.3 is 0 Å². The van der Waals surface area contributed by atoms with Crippen LogP contribution in [0.5, 0.6) is 0 Å². The van der Waals surface area contributed by atoms with Crippen LogP contribution in [0, 0.1) is 5.41 Å².